The van der Waals surface area contributed by atoms with Crippen molar-refractivity contribution in [2.75, 3.05) is 32.0 Å². The minimum Gasteiger partial charge on any atom is -0.378 e. The minimum atomic E-state index is 0.597. The lowest BCUT2D eigenvalue weighted by molar-refractivity contribution is 0.108. The number of ether oxygens (including phenoxy) is 1. The van der Waals surface area contributed by atoms with E-state index in [0.717, 1.165) is 29.7 Å². The first-order valence-electron chi connectivity index (χ1n) is 12.3. The molecule has 4 aliphatic heterocycles. The zero-order chi connectivity index (χ0) is 21.3. The molecule has 0 aromatic heterocycles. The van der Waals surface area contributed by atoms with Crippen molar-refractivity contribution in [3.8, 4) is 0 Å². The second-order valence-corrected chi connectivity index (χ2v) is 10.6. The second kappa shape index (κ2) is 17.6. The van der Waals surface area contributed by atoms with Gasteiger partial charge in [0, 0.05) is 17.9 Å². The molecule has 172 valence electrons. The molecule has 4 aliphatic rings. The fourth-order valence-electron chi connectivity index (χ4n) is 4.10. The Labute approximate surface area is 186 Å². The summed E-state index contributed by atoms with van der Waals surface area (Å²) in [5, 5.41) is 7.51. The average molecular weight is 427 g/mol. The molecule has 0 bridgehead atoms. The van der Waals surface area contributed by atoms with Crippen LogP contribution in [-0.4, -0.2) is 49.4 Å². The fourth-order valence-corrected chi connectivity index (χ4v) is 5.21. The zero-order valence-corrected chi connectivity index (χ0v) is 20.7. The van der Waals surface area contributed by atoms with Crippen LogP contribution < -0.4 is 10.6 Å². The molecule has 4 rings (SSSR count). The molecule has 0 saturated carbocycles. The first kappa shape index (κ1) is 27.0. The number of rotatable bonds is 2. The smallest absolute Gasteiger partial charge is 0.0573 e. The van der Waals surface area contributed by atoms with E-state index in [4.69, 9.17) is 4.74 Å². The first-order chi connectivity index (χ1) is 14.0. The molecule has 0 spiro atoms. The Hall–Kier alpha value is -0.0300. The van der Waals surface area contributed by atoms with Gasteiger partial charge in [0.05, 0.1) is 6.10 Å². The van der Waals surface area contributed by atoms with Crippen LogP contribution in [0.3, 0.4) is 0 Å². The van der Waals surface area contributed by atoms with E-state index >= 15 is 0 Å². The molecule has 29 heavy (non-hydrogen) atoms. The molecule has 4 atom stereocenters. The Morgan fingerprint density at radius 3 is 2.00 bits per heavy atom. The van der Waals surface area contributed by atoms with Gasteiger partial charge in [-0.05, 0) is 102 Å². The highest BCUT2D eigenvalue weighted by molar-refractivity contribution is 8.00. The maximum Gasteiger partial charge on any atom is 0.0573 e. The van der Waals surface area contributed by atoms with Gasteiger partial charge in [-0.2, -0.15) is 11.8 Å². The third-order valence-corrected chi connectivity index (χ3v) is 7.60. The van der Waals surface area contributed by atoms with Gasteiger partial charge in [-0.25, -0.2) is 0 Å². The topological polar surface area (TPSA) is 33.3 Å². The molecule has 4 heteroatoms. The van der Waals surface area contributed by atoms with Crippen molar-refractivity contribution in [2.24, 2.45) is 11.8 Å². The van der Waals surface area contributed by atoms with Gasteiger partial charge >= 0.3 is 0 Å². The SMILES string of the molecule is C=CC1CCCS1.CC1CCNC(C)C1.CC1CCNCC1.CCC1CCCO1. The number of hydrogen-bond acceptors (Lipinski definition) is 4. The molecule has 4 heterocycles. The average Bonchev–Trinajstić information content (AvgIpc) is 3.44. The Bertz CT molecular complexity index is 367. The van der Waals surface area contributed by atoms with E-state index in [9.17, 15) is 0 Å². The predicted molar refractivity (Wildman–Crippen MR) is 132 cm³/mol. The highest BCUT2D eigenvalue weighted by Gasteiger charge is 2.13. The lowest BCUT2D eigenvalue weighted by Gasteiger charge is -2.24. The van der Waals surface area contributed by atoms with Crippen molar-refractivity contribution < 1.29 is 4.74 Å². The Morgan fingerprint density at radius 1 is 0.966 bits per heavy atom. The molecule has 3 nitrogen and oxygen atoms in total. The van der Waals surface area contributed by atoms with Crippen molar-refractivity contribution in [1.29, 1.82) is 0 Å². The molecule has 4 fully saturated rings. The summed E-state index contributed by atoms with van der Waals surface area (Å²) >= 11 is 2.02. The Balaban J connectivity index is 0.000000194. The standard InChI is InChI=1S/C7H15N.C6H13N.C6H12O.C6H10S/c1-6-3-4-8-7(2)5-6;1-6-2-4-7-5-3-6;2*1-2-6-4-3-5-7-6/h6-8H,3-5H2,1-2H3;6-7H,2-5H2,1H3;6H,2-5H2,1H3;2,6H,1,3-5H2. The van der Waals surface area contributed by atoms with E-state index in [1.165, 1.54) is 83.2 Å². The van der Waals surface area contributed by atoms with Gasteiger partial charge in [0.15, 0.2) is 0 Å². The number of piperidine rings is 2. The first-order valence-corrected chi connectivity index (χ1v) is 13.4. The van der Waals surface area contributed by atoms with Gasteiger partial charge in [-0.3, -0.25) is 0 Å². The number of thioether (sulfide) groups is 1. The highest BCUT2D eigenvalue weighted by atomic mass is 32.2. The molecule has 0 aromatic carbocycles. The van der Waals surface area contributed by atoms with Gasteiger partial charge in [-0.1, -0.05) is 26.8 Å². The summed E-state index contributed by atoms with van der Waals surface area (Å²) < 4.78 is 5.30. The maximum atomic E-state index is 5.30. The molecule has 2 N–H and O–H groups in total. The molecule has 0 radical (unpaired) electrons. The van der Waals surface area contributed by atoms with E-state index < -0.39 is 0 Å². The summed E-state index contributed by atoms with van der Waals surface area (Å²) in [6, 6.07) is 0.763. The Kier molecular flexibility index (Phi) is 16.4. The molecule has 0 aliphatic carbocycles. The lowest BCUT2D eigenvalue weighted by Crippen LogP contribution is -2.34. The number of nitrogens with one attached hydrogen (secondary N) is 2. The van der Waals surface area contributed by atoms with Crippen LogP contribution in [0.25, 0.3) is 0 Å². The van der Waals surface area contributed by atoms with Gasteiger partial charge in [0.2, 0.25) is 0 Å². The van der Waals surface area contributed by atoms with Crippen LogP contribution in [-0.2, 0) is 4.74 Å². The quantitative estimate of drug-likeness (QED) is 0.527. The van der Waals surface area contributed by atoms with Gasteiger partial charge < -0.3 is 15.4 Å². The summed E-state index contributed by atoms with van der Waals surface area (Å²) in [5.41, 5.74) is 0. The molecule has 0 aromatic rings. The predicted octanol–water partition coefficient (Wildman–Crippen LogP) is 6.04. The van der Waals surface area contributed by atoms with Gasteiger partial charge in [0.1, 0.15) is 0 Å². The normalized spacial score (nSPS) is 32.0. The maximum absolute atomic E-state index is 5.30. The summed E-state index contributed by atoms with van der Waals surface area (Å²) in [5.74, 6) is 3.27. The minimum absolute atomic E-state index is 0.597. The van der Waals surface area contributed by atoms with Gasteiger partial charge in [0.25, 0.3) is 0 Å². The van der Waals surface area contributed by atoms with E-state index in [2.05, 4.69) is 51.0 Å². The fraction of sp³-hybridized carbons (Fsp3) is 0.920. The zero-order valence-electron chi connectivity index (χ0n) is 19.9. The third-order valence-electron chi connectivity index (χ3n) is 6.22. The summed E-state index contributed by atoms with van der Waals surface area (Å²) in [4.78, 5) is 0. The summed E-state index contributed by atoms with van der Waals surface area (Å²) in [6.45, 7) is 17.5. The van der Waals surface area contributed by atoms with Crippen LogP contribution >= 0.6 is 11.8 Å². The second-order valence-electron chi connectivity index (χ2n) is 9.25. The van der Waals surface area contributed by atoms with Crippen molar-refractivity contribution in [3.05, 3.63) is 12.7 Å². The van der Waals surface area contributed by atoms with E-state index in [1.54, 1.807) is 0 Å². The molecule has 0 amide bonds. The van der Waals surface area contributed by atoms with Crippen molar-refractivity contribution in [3.63, 3.8) is 0 Å². The van der Waals surface area contributed by atoms with Crippen molar-refractivity contribution in [2.45, 2.75) is 103 Å². The lowest BCUT2D eigenvalue weighted by atomic mass is 9.96. The molecule has 4 saturated heterocycles. The molecular formula is C25H50N2OS. The highest BCUT2D eigenvalue weighted by Crippen LogP contribution is 2.26. The van der Waals surface area contributed by atoms with Crippen LogP contribution in [0.2, 0.25) is 0 Å². The van der Waals surface area contributed by atoms with Crippen LogP contribution in [0.5, 0.6) is 0 Å². The van der Waals surface area contributed by atoms with Crippen molar-refractivity contribution in [1.82, 2.24) is 10.6 Å². The van der Waals surface area contributed by atoms with Gasteiger partial charge in [-0.15, -0.1) is 6.58 Å². The van der Waals surface area contributed by atoms with Crippen LogP contribution in [0.4, 0.5) is 0 Å². The van der Waals surface area contributed by atoms with E-state index in [-0.39, 0.29) is 0 Å². The summed E-state index contributed by atoms with van der Waals surface area (Å²) in [7, 11) is 0. The van der Waals surface area contributed by atoms with E-state index in [1.807, 2.05) is 11.8 Å². The van der Waals surface area contributed by atoms with E-state index in [0.29, 0.717) is 6.10 Å². The monoisotopic (exact) mass is 426 g/mol. The Morgan fingerprint density at radius 2 is 1.69 bits per heavy atom. The van der Waals surface area contributed by atoms with Crippen molar-refractivity contribution >= 4 is 11.8 Å². The summed E-state index contributed by atoms with van der Waals surface area (Å²) in [6.07, 6.45) is 14.6. The largest absolute Gasteiger partial charge is 0.378 e. The molecule has 4 unspecified atom stereocenters. The van der Waals surface area contributed by atoms with Crippen LogP contribution in [0.15, 0.2) is 12.7 Å². The molecular weight excluding hydrogens is 376 g/mol. The third kappa shape index (κ3) is 14.6. The number of hydrogen-bond donors (Lipinski definition) is 2. The van der Waals surface area contributed by atoms with Crippen LogP contribution in [0.1, 0.15) is 85.5 Å². The van der Waals surface area contributed by atoms with Crippen LogP contribution in [0, 0.1) is 11.8 Å².